The van der Waals surface area contributed by atoms with Crippen LogP contribution >= 0.6 is 0 Å². The first-order valence-corrected chi connectivity index (χ1v) is 6.33. The number of nitrogens with two attached hydrogens (primary N) is 1. The van der Waals surface area contributed by atoms with Crippen molar-refractivity contribution in [1.29, 1.82) is 0 Å². The number of hydrogen-bond acceptors (Lipinski definition) is 2. The smallest absolute Gasteiger partial charge is 0.172 e. The average Bonchev–Trinajstić information content (AvgIpc) is 2.45. The summed E-state index contributed by atoms with van der Waals surface area (Å²) < 4.78 is 19.1. The van der Waals surface area contributed by atoms with Gasteiger partial charge in [0, 0.05) is 11.3 Å². The Morgan fingerprint density at radius 1 is 1.00 bits per heavy atom. The van der Waals surface area contributed by atoms with Gasteiger partial charge in [0.25, 0.3) is 0 Å². The molecule has 0 amide bonds. The highest BCUT2D eigenvalue weighted by Crippen LogP contribution is 2.32. The Balaban J connectivity index is 0.000000861. The van der Waals surface area contributed by atoms with Gasteiger partial charge in [0.1, 0.15) is 0 Å². The maximum atomic E-state index is 14.1. The van der Waals surface area contributed by atoms with Gasteiger partial charge in [-0.3, -0.25) is 0 Å². The molecule has 0 aliphatic rings. The SMILES string of the molecule is CC.COc1cccc(-c2cccc(N)c2C)c1F. The van der Waals surface area contributed by atoms with Gasteiger partial charge in [0.05, 0.1) is 7.11 Å². The topological polar surface area (TPSA) is 35.2 Å². The van der Waals surface area contributed by atoms with Crippen LogP contribution in [-0.4, -0.2) is 7.11 Å². The van der Waals surface area contributed by atoms with Gasteiger partial charge in [0.2, 0.25) is 0 Å². The molecule has 0 heterocycles. The molecule has 0 unspecified atom stereocenters. The number of hydrogen-bond donors (Lipinski definition) is 1. The molecule has 0 spiro atoms. The highest BCUT2D eigenvalue weighted by molar-refractivity contribution is 5.74. The van der Waals surface area contributed by atoms with Gasteiger partial charge in [0.15, 0.2) is 11.6 Å². The van der Waals surface area contributed by atoms with E-state index in [4.69, 9.17) is 10.5 Å². The summed E-state index contributed by atoms with van der Waals surface area (Å²) in [4.78, 5) is 0. The largest absolute Gasteiger partial charge is 0.494 e. The van der Waals surface area contributed by atoms with Crippen molar-refractivity contribution >= 4 is 5.69 Å². The molecule has 2 nitrogen and oxygen atoms in total. The van der Waals surface area contributed by atoms with Crippen molar-refractivity contribution in [2.75, 3.05) is 12.8 Å². The summed E-state index contributed by atoms with van der Waals surface area (Å²) in [5.41, 5.74) is 8.66. The maximum Gasteiger partial charge on any atom is 0.172 e. The van der Waals surface area contributed by atoms with Crippen LogP contribution in [0.5, 0.6) is 5.75 Å². The molecule has 2 aromatic carbocycles. The second-order valence-electron chi connectivity index (χ2n) is 3.84. The van der Waals surface area contributed by atoms with E-state index in [-0.39, 0.29) is 11.6 Å². The number of anilines is 1. The molecule has 0 saturated carbocycles. The summed E-state index contributed by atoms with van der Waals surface area (Å²) in [7, 11) is 1.45. The van der Waals surface area contributed by atoms with E-state index in [1.54, 1.807) is 24.3 Å². The Morgan fingerprint density at radius 2 is 1.58 bits per heavy atom. The summed E-state index contributed by atoms with van der Waals surface area (Å²) in [5, 5.41) is 0. The standard InChI is InChI=1S/C14H14FNO.C2H6/c1-9-10(5-3-7-12(9)16)11-6-4-8-13(17-2)14(11)15;1-2/h3-8H,16H2,1-2H3;1-2H3. The van der Waals surface area contributed by atoms with E-state index in [0.29, 0.717) is 11.3 Å². The van der Waals surface area contributed by atoms with E-state index < -0.39 is 0 Å². The summed E-state index contributed by atoms with van der Waals surface area (Å²) in [6, 6.07) is 10.6. The minimum atomic E-state index is -0.358. The molecule has 0 aliphatic heterocycles. The minimum absolute atomic E-state index is 0.240. The van der Waals surface area contributed by atoms with Crippen molar-refractivity contribution < 1.29 is 9.13 Å². The molecule has 2 N–H and O–H groups in total. The third kappa shape index (κ3) is 3.05. The molecule has 0 bridgehead atoms. The fraction of sp³-hybridized carbons (Fsp3) is 0.250. The minimum Gasteiger partial charge on any atom is -0.494 e. The van der Waals surface area contributed by atoms with Crippen LogP contribution in [-0.2, 0) is 0 Å². The Bertz CT molecular complexity index is 552. The van der Waals surface area contributed by atoms with E-state index in [2.05, 4.69) is 0 Å². The number of nitrogen functional groups attached to an aromatic ring is 1. The summed E-state index contributed by atoms with van der Waals surface area (Å²) >= 11 is 0. The highest BCUT2D eigenvalue weighted by atomic mass is 19.1. The first-order chi connectivity index (χ1) is 9.15. The Hall–Kier alpha value is -2.03. The quantitative estimate of drug-likeness (QED) is 0.812. The molecule has 0 radical (unpaired) electrons. The molecule has 0 fully saturated rings. The third-order valence-corrected chi connectivity index (χ3v) is 2.85. The molecule has 0 aliphatic carbocycles. The van der Waals surface area contributed by atoms with Crippen LogP contribution in [0.4, 0.5) is 10.1 Å². The second kappa shape index (κ2) is 6.78. The van der Waals surface area contributed by atoms with Crippen LogP contribution in [0.3, 0.4) is 0 Å². The zero-order chi connectivity index (χ0) is 14.4. The van der Waals surface area contributed by atoms with Crippen molar-refractivity contribution in [3.8, 4) is 16.9 Å². The summed E-state index contributed by atoms with van der Waals surface area (Å²) in [6.07, 6.45) is 0. The number of benzene rings is 2. The fourth-order valence-electron chi connectivity index (χ4n) is 1.82. The van der Waals surface area contributed by atoms with Crippen LogP contribution < -0.4 is 10.5 Å². The molecular weight excluding hydrogens is 241 g/mol. The van der Waals surface area contributed by atoms with Crippen LogP contribution in [0.1, 0.15) is 19.4 Å². The lowest BCUT2D eigenvalue weighted by atomic mass is 9.98. The zero-order valence-corrected chi connectivity index (χ0v) is 11.8. The van der Waals surface area contributed by atoms with Crippen molar-refractivity contribution in [3.63, 3.8) is 0 Å². The molecule has 3 heteroatoms. The van der Waals surface area contributed by atoms with Gasteiger partial charge < -0.3 is 10.5 Å². The monoisotopic (exact) mass is 261 g/mol. The van der Waals surface area contributed by atoms with Crippen molar-refractivity contribution in [2.24, 2.45) is 0 Å². The van der Waals surface area contributed by atoms with Gasteiger partial charge in [-0.2, -0.15) is 0 Å². The Kier molecular flexibility index (Phi) is 5.37. The molecule has 0 saturated heterocycles. The maximum absolute atomic E-state index is 14.1. The second-order valence-corrected chi connectivity index (χ2v) is 3.84. The lowest BCUT2D eigenvalue weighted by Crippen LogP contribution is -1.95. The number of methoxy groups -OCH3 is 1. The Morgan fingerprint density at radius 3 is 2.21 bits per heavy atom. The summed E-state index contributed by atoms with van der Waals surface area (Å²) in [5.74, 6) is -0.118. The lowest BCUT2D eigenvalue weighted by molar-refractivity contribution is 0.387. The van der Waals surface area contributed by atoms with Crippen LogP contribution in [0.15, 0.2) is 36.4 Å². The van der Waals surface area contributed by atoms with E-state index in [9.17, 15) is 4.39 Å². The van der Waals surface area contributed by atoms with E-state index in [1.165, 1.54) is 7.11 Å². The normalized spacial score (nSPS) is 9.53. The first-order valence-electron chi connectivity index (χ1n) is 6.33. The number of rotatable bonds is 2. The number of ether oxygens (including phenoxy) is 1. The van der Waals surface area contributed by atoms with E-state index in [0.717, 1.165) is 11.1 Å². The summed E-state index contributed by atoms with van der Waals surface area (Å²) in [6.45, 7) is 5.88. The van der Waals surface area contributed by atoms with Crippen LogP contribution in [0, 0.1) is 12.7 Å². The number of halogens is 1. The first kappa shape index (κ1) is 15.0. The molecule has 0 aromatic heterocycles. The molecule has 0 atom stereocenters. The van der Waals surface area contributed by atoms with Crippen LogP contribution in [0.2, 0.25) is 0 Å². The lowest BCUT2D eigenvalue weighted by Gasteiger charge is -2.11. The Labute approximate surface area is 114 Å². The zero-order valence-electron chi connectivity index (χ0n) is 11.8. The third-order valence-electron chi connectivity index (χ3n) is 2.85. The van der Waals surface area contributed by atoms with Gasteiger partial charge in [-0.1, -0.05) is 38.1 Å². The van der Waals surface area contributed by atoms with Gasteiger partial charge in [-0.25, -0.2) is 4.39 Å². The van der Waals surface area contributed by atoms with E-state index in [1.807, 2.05) is 32.9 Å². The fourth-order valence-corrected chi connectivity index (χ4v) is 1.82. The van der Waals surface area contributed by atoms with Crippen molar-refractivity contribution in [1.82, 2.24) is 0 Å². The molecular formula is C16H20FNO. The van der Waals surface area contributed by atoms with Crippen LogP contribution in [0.25, 0.3) is 11.1 Å². The van der Waals surface area contributed by atoms with Gasteiger partial charge in [-0.15, -0.1) is 0 Å². The average molecular weight is 261 g/mol. The van der Waals surface area contributed by atoms with Gasteiger partial charge >= 0.3 is 0 Å². The van der Waals surface area contributed by atoms with Crippen molar-refractivity contribution in [2.45, 2.75) is 20.8 Å². The van der Waals surface area contributed by atoms with Gasteiger partial charge in [-0.05, 0) is 30.2 Å². The highest BCUT2D eigenvalue weighted by Gasteiger charge is 2.12. The van der Waals surface area contributed by atoms with E-state index >= 15 is 0 Å². The van der Waals surface area contributed by atoms with Crippen molar-refractivity contribution in [3.05, 3.63) is 47.8 Å². The predicted octanol–water partition coefficient (Wildman–Crippen LogP) is 4.42. The molecule has 2 rings (SSSR count). The predicted molar refractivity (Wildman–Crippen MR) is 78.9 cm³/mol. The molecule has 102 valence electrons. The molecule has 2 aromatic rings. The molecule has 19 heavy (non-hydrogen) atoms.